The molecule has 2 heterocycles. The summed E-state index contributed by atoms with van der Waals surface area (Å²) >= 11 is 5.79. The molecule has 0 bridgehead atoms. The third kappa shape index (κ3) is 3.04. The zero-order valence-electron chi connectivity index (χ0n) is 9.28. The summed E-state index contributed by atoms with van der Waals surface area (Å²) in [5, 5.41) is 12.0. The summed E-state index contributed by atoms with van der Waals surface area (Å²) in [6.45, 7) is 1.02. The molecule has 2 aromatic rings. The highest BCUT2D eigenvalue weighted by Gasteiger charge is 2.07. The van der Waals surface area contributed by atoms with Crippen LogP contribution in [0.2, 0.25) is 5.28 Å². The minimum absolute atomic E-state index is 0.183. The molecule has 0 aliphatic carbocycles. The first-order valence-corrected chi connectivity index (χ1v) is 5.90. The van der Waals surface area contributed by atoms with Gasteiger partial charge in [0.2, 0.25) is 5.28 Å². The number of hydrogen-bond donors (Lipinski definition) is 3. The van der Waals surface area contributed by atoms with Crippen molar-refractivity contribution in [2.45, 2.75) is 19.3 Å². The molecule has 0 radical (unpaired) electrons. The van der Waals surface area contributed by atoms with Gasteiger partial charge in [-0.3, -0.25) is 0 Å². The van der Waals surface area contributed by atoms with Crippen LogP contribution >= 0.6 is 11.6 Å². The molecule has 0 saturated heterocycles. The van der Waals surface area contributed by atoms with Gasteiger partial charge in [0.05, 0.1) is 6.33 Å². The molecule has 0 fully saturated rings. The van der Waals surface area contributed by atoms with Crippen molar-refractivity contribution in [3.8, 4) is 0 Å². The number of aromatic nitrogens is 4. The predicted octanol–water partition coefficient (Wildman–Crippen LogP) is 1.58. The molecule has 7 heteroatoms. The largest absolute Gasteiger partial charge is 0.396 e. The molecule has 2 aromatic heterocycles. The topological polar surface area (TPSA) is 86.7 Å². The molecule has 6 nitrogen and oxygen atoms in total. The van der Waals surface area contributed by atoms with Gasteiger partial charge >= 0.3 is 0 Å². The van der Waals surface area contributed by atoms with Gasteiger partial charge in [0.1, 0.15) is 5.52 Å². The second-order valence-corrected chi connectivity index (χ2v) is 3.99. The van der Waals surface area contributed by atoms with E-state index in [0.717, 1.165) is 31.3 Å². The molecule has 92 valence electrons. The van der Waals surface area contributed by atoms with Crippen molar-refractivity contribution in [2.24, 2.45) is 0 Å². The molecule has 17 heavy (non-hydrogen) atoms. The molecule has 3 N–H and O–H groups in total. The van der Waals surface area contributed by atoms with Crippen LogP contribution in [0.15, 0.2) is 6.33 Å². The lowest BCUT2D eigenvalue weighted by molar-refractivity contribution is 0.283. The smallest absolute Gasteiger partial charge is 0.226 e. The van der Waals surface area contributed by atoms with E-state index < -0.39 is 0 Å². The molecular weight excluding hydrogens is 242 g/mol. The lowest BCUT2D eigenvalue weighted by Crippen LogP contribution is -2.05. The van der Waals surface area contributed by atoms with Crippen molar-refractivity contribution < 1.29 is 5.11 Å². The zero-order chi connectivity index (χ0) is 12.1. The number of nitrogens with one attached hydrogen (secondary N) is 2. The first kappa shape index (κ1) is 12.1. The molecule has 0 aliphatic rings. The van der Waals surface area contributed by atoms with E-state index in [1.807, 2.05) is 0 Å². The number of hydrogen-bond acceptors (Lipinski definition) is 5. The van der Waals surface area contributed by atoms with Crippen LogP contribution in [0.25, 0.3) is 11.2 Å². The fraction of sp³-hybridized carbons (Fsp3) is 0.500. The Kier molecular flexibility index (Phi) is 4.11. The van der Waals surface area contributed by atoms with Crippen molar-refractivity contribution in [3.63, 3.8) is 0 Å². The number of fused-ring (bicyclic) bond motifs is 1. The average molecular weight is 256 g/mol. The van der Waals surface area contributed by atoms with Crippen molar-refractivity contribution in [1.29, 1.82) is 0 Å². The fourth-order valence-corrected chi connectivity index (χ4v) is 1.72. The maximum Gasteiger partial charge on any atom is 0.226 e. The monoisotopic (exact) mass is 255 g/mol. The summed E-state index contributed by atoms with van der Waals surface area (Å²) in [6, 6.07) is 0. The molecule has 2 rings (SSSR count). The van der Waals surface area contributed by atoms with E-state index in [0.29, 0.717) is 11.5 Å². The van der Waals surface area contributed by atoms with Gasteiger partial charge in [0.15, 0.2) is 11.5 Å². The van der Waals surface area contributed by atoms with E-state index in [2.05, 4.69) is 25.3 Å². The zero-order valence-corrected chi connectivity index (χ0v) is 10.0. The van der Waals surface area contributed by atoms with Crippen molar-refractivity contribution in [2.75, 3.05) is 18.5 Å². The molecule has 0 atom stereocenters. The minimum atomic E-state index is 0.183. The molecule has 0 saturated carbocycles. The Morgan fingerprint density at radius 2 is 2.18 bits per heavy atom. The van der Waals surface area contributed by atoms with Gasteiger partial charge in [-0.05, 0) is 30.9 Å². The lowest BCUT2D eigenvalue weighted by Gasteiger charge is -2.05. The summed E-state index contributed by atoms with van der Waals surface area (Å²) in [5.41, 5.74) is 1.32. The van der Waals surface area contributed by atoms with Gasteiger partial charge in [-0.2, -0.15) is 9.97 Å². The molecular formula is C10H14ClN5O. The number of H-pyrrole nitrogens is 1. The van der Waals surface area contributed by atoms with E-state index in [4.69, 9.17) is 16.7 Å². The predicted molar refractivity (Wildman–Crippen MR) is 66.1 cm³/mol. The highest BCUT2D eigenvalue weighted by Crippen LogP contribution is 2.18. The number of rotatable bonds is 6. The Balaban J connectivity index is 2.00. The highest BCUT2D eigenvalue weighted by atomic mass is 35.5. The molecule has 0 spiro atoms. The lowest BCUT2D eigenvalue weighted by atomic mass is 10.2. The summed E-state index contributed by atoms with van der Waals surface area (Å²) in [6.07, 6.45) is 4.34. The van der Waals surface area contributed by atoms with Crippen LogP contribution in [0.1, 0.15) is 19.3 Å². The number of unbranched alkanes of at least 4 members (excludes halogenated alkanes) is 2. The second-order valence-electron chi connectivity index (χ2n) is 3.65. The third-order valence-electron chi connectivity index (χ3n) is 2.39. The SMILES string of the molecule is OCCCCCNc1nc(Cl)nc2nc[nH]c12. The molecule has 0 unspecified atom stereocenters. The summed E-state index contributed by atoms with van der Waals surface area (Å²) in [4.78, 5) is 15.1. The van der Waals surface area contributed by atoms with Crippen LogP contribution in [0.5, 0.6) is 0 Å². The standard InChI is InChI=1S/C10H14ClN5O/c11-10-15-8(12-4-2-1-3-5-17)7-9(16-10)14-6-13-7/h6,17H,1-5H2,(H2,12,13,14,15,16). The first-order valence-electron chi connectivity index (χ1n) is 5.52. The second kappa shape index (κ2) is 5.79. The van der Waals surface area contributed by atoms with Crippen LogP contribution < -0.4 is 5.32 Å². The summed E-state index contributed by atoms with van der Waals surface area (Å²) in [7, 11) is 0. The van der Waals surface area contributed by atoms with Gasteiger partial charge in [0, 0.05) is 13.2 Å². The van der Waals surface area contributed by atoms with Gasteiger partial charge in [0.25, 0.3) is 0 Å². The van der Waals surface area contributed by atoms with E-state index in [1.165, 1.54) is 0 Å². The number of aromatic amines is 1. The number of imidazole rings is 1. The Bertz CT molecular complexity index is 487. The van der Waals surface area contributed by atoms with Crippen LogP contribution in [0.3, 0.4) is 0 Å². The maximum absolute atomic E-state index is 8.66. The summed E-state index contributed by atoms with van der Waals surface area (Å²) < 4.78 is 0. The number of halogens is 1. The van der Waals surface area contributed by atoms with E-state index >= 15 is 0 Å². The van der Waals surface area contributed by atoms with Crippen LogP contribution in [-0.2, 0) is 0 Å². The van der Waals surface area contributed by atoms with Gasteiger partial charge in [-0.1, -0.05) is 0 Å². The van der Waals surface area contributed by atoms with Crippen molar-refractivity contribution >= 4 is 28.6 Å². The van der Waals surface area contributed by atoms with E-state index in [1.54, 1.807) is 6.33 Å². The van der Waals surface area contributed by atoms with Gasteiger partial charge in [-0.15, -0.1) is 0 Å². The van der Waals surface area contributed by atoms with Crippen molar-refractivity contribution in [3.05, 3.63) is 11.6 Å². The van der Waals surface area contributed by atoms with Crippen LogP contribution in [0, 0.1) is 0 Å². The quantitative estimate of drug-likeness (QED) is 0.539. The number of nitrogens with zero attached hydrogens (tertiary/aromatic N) is 3. The van der Waals surface area contributed by atoms with Gasteiger partial charge < -0.3 is 15.4 Å². The normalized spacial score (nSPS) is 10.9. The minimum Gasteiger partial charge on any atom is -0.396 e. The highest BCUT2D eigenvalue weighted by molar-refractivity contribution is 6.28. The Morgan fingerprint density at radius 1 is 1.29 bits per heavy atom. The van der Waals surface area contributed by atoms with Crippen LogP contribution in [-0.4, -0.2) is 38.2 Å². The third-order valence-corrected chi connectivity index (χ3v) is 2.55. The van der Waals surface area contributed by atoms with Crippen molar-refractivity contribution in [1.82, 2.24) is 19.9 Å². The fourth-order valence-electron chi connectivity index (χ4n) is 1.55. The number of aliphatic hydroxyl groups excluding tert-OH is 1. The Labute approximate surface area is 103 Å². The van der Waals surface area contributed by atoms with E-state index in [-0.39, 0.29) is 11.9 Å². The summed E-state index contributed by atoms with van der Waals surface area (Å²) in [5.74, 6) is 0.668. The van der Waals surface area contributed by atoms with E-state index in [9.17, 15) is 0 Å². The Hall–Kier alpha value is -1.40. The maximum atomic E-state index is 8.66. The number of aliphatic hydroxyl groups is 1. The van der Waals surface area contributed by atoms with Gasteiger partial charge in [-0.25, -0.2) is 4.98 Å². The first-order chi connectivity index (χ1) is 8.31. The molecule has 0 aliphatic heterocycles. The molecule has 0 aromatic carbocycles. The number of anilines is 1. The van der Waals surface area contributed by atoms with Crippen LogP contribution in [0.4, 0.5) is 5.82 Å². The average Bonchev–Trinajstić information content (AvgIpc) is 2.76. The molecule has 0 amide bonds. The Morgan fingerprint density at radius 3 is 3.00 bits per heavy atom.